The van der Waals surface area contributed by atoms with Crippen molar-refractivity contribution in [2.75, 3.05) is 20.3 Å². The molecule has 1 N–H and O–H groups in total. The van der Waals surface area contributed by atoms with Gasteiger partial charge < -0.3 is 14.8 Å². The molecule has 0 radical (unpaired) electrons. The van der Waals surface area contributed by atoms with Gasteiger partial charge in [-0.05, 0) is 36.5 Å². The van der Waals surface area contributed by atoms with E-state index in [1.807, 2.05) is 18.2 Å². The second kappa shape index (κ2) is 7.03. The summed E-state index contributed by atoms with van der Waals surface area (Å²) >= 11 is 0. The van der Waals surface area contributed by atoms with E-state index in [0.717, 1.165) is 24.0 Å². The number of hydrogen-bond donors (Lipinski definition) is 1. The number of carbonyl (C=O) groups excluding carboxylic acids is 3. The average Bonchev–Trinajstić information content (AvgIpc) is 2.57. The zero-order valence-corrected chi connectivity index (χ0v) is 13.7. The van der Waals surface area contributed by atoms with E-state index in [4.69, 9.17) is 9.47 Å². The molecule has 1 heterocycles. The highest BCUT2D eigenvalue weighted by atomic mass is 16.5. The molecule has 0 spiro atoms. The first-order valence-electron chi connectivity index (χ1n) is 8.23. The Morgan fingerprint density at radius 2 is 2.12 bits per heavy atom. The molecule has 1 aliphatic heterocycles. The second-order valence-corrected chi connectivity index (χ2v) is 6.32. The molecule has 2 atom stereocenters. The van der Waals surface area contributed by atoms with Crippen molar-refractivity contribution in [1.29, 1.82) is 0 Å². The molecule has 24 heavy (non-hydrogen) atoms. The van der Waals surface area contributed by atoms with Crippen molar-refractivity contribution in [3.63, 3.8) is 0 Å². The van der Waals surface area contributed by atoms with E-state index < -0.39 is 12.0 Å². The fourth-order valence-corrected chi connectivity index (χ4v) is 3.43. The quantitative estimate of drug-likeness (QED) is 0.840. The third-order valence-electron chi connectivity index (χ3n) is 4.76. The summed E-state index contributed by atoms with van der Waals surface area (Å²) in [6.07, 6.45) is 2.02. The third kappa shape index (κ3) is 3.42. The summed E-state index contributed by atoms with van der Waals surface area (Å²) in [5.74, 6) is -0.583. The maximum Gasteiger partial charge on any atom is 0.407 e. The van der Waals surface area contributed by atoms with Crippen LogP contribution < -0.4 is 5.32 Å². The first-order chi connectivity index (χ1) is 11.6. The minimum Gasteiger partial charge on any atom is -0.469 e. The van der Waals surface area contributed by atoms with Gasteiger partial charge in [-0.3, -0.25) is 9.59 Å². The molecule has 6 heteroatoms. The Morgan fingerprint density at radius 1 is 1.29 bits per heavy atom. The number of methoxy groups -OCH3 is 1. The lowest BCUT2D eigenvalue weighted by Gasteiger charge is -2.25. The van der Waals surface area contributed by atoms with Gasteiger partial charge in [0, 0.05) is 24.4 Å². The Kier molecular flexibility index (Phi) is 4.83. The number of rotatable bonds is 2. The van der Waals surface area contributed by atoms with Gasteiger partial charge in [0.2, 0.25) is 0 Å². The van der Waals surface area contributed by atoms with Gasteiger partial charge in [-0.25, -0.2) is 4.79 Å². The molecular weight excluding hydrogens is 310 g/mol. The molecule has 2 aliphatic rings. The largest absolute Gasteiger partial charge is 0.469 e. The van der Waals surface area contributed by atoms with E-state index in [0.29, 0.717) is 25.1 Å². The Bertz CT molecular complexity index is 669. The lowest BCUT2D eigenvalue weighted by molar-refractivity contribution is -0.145. The van der Waals surface area contributed by atoms with Crippen LogP contribution in [0.2, 0.25) is 0 Å². The predicted molar refractivity (Wildman–Crippen MR) is 85.9 cm³/mol. The molecule has 1 fully saturated rings. The Balaban J connectivity index is 1.81. The smallest absolute Gasteiger partial charge is 0.407 e. The number of fused-ring (bicyclic) bond motifs is 1. The number of ketones is 1. The van der Waals surface area contributed by atoms with Gasteiger partial charge >= 0.3 is 12.1 Å². The van der Waals surface area contributed by atoms with Crippen LogP contribution in [0.1, 0.15) is 46.7 Å². The van der Waals surface area contributed by atoms with Crippen LogP contribution in [-0.2, 0) is 20.7 Å². The number of esters is 1. The van der Waals surface area contributed by atoms with E-state index in [1.165, 1.54) is 7.11 Å². The fourth-order valence-electron chi connectivity index (χ4n) is 3.43. The van der Waals surface area contributed by atoms with Crippen molar-refractivity contribution in [3.05, 3.63) is 34.9 Å². The lowest BCUT2D eigenvalue weighted by Crippen LogP contribution is -2.32. The molecular formula is C18H21NO5. The van der Waals surface area contributed by atoms with Gasteiger partial charge in [0.1, 0.15) is 0 Å². The monoisotopic (exact) mass is 331 g/mol. The summed E-state index contributed by atoms with van der Waals surface area (Å²) in [5, 5.41) is 2.75. The van der Waals surface area contributed by atoms with Crippen molar-refractivity contribution >= 4 is 17.8 Å². The number of amides is 1. The van der Waals surface area contributed by atoms with Gasteiger partial charge in [-0.2, -0.15) is 0 Å². The maximum atomic E-state index is 12.4. The normalized spacial score (nSPS) is 24.0. The highest BCUT2D eigenvalue weighted by Gasteiger charge is 2.31. The van der Waals surface area contributed by atoms with Crippen LogP contribution in [0.5, 0.6) is 0 Å². The van der Waals surface area contributed by atoms with E-state index >= 15 is 0 Å². The number of alkyl carbamates (subject to hydrolysis) is 1. The van der Waals surface area contributed by atoms with Gasteiger partial charge in [-0.1, -0.05) is 12.1 Å². The van der Waals surface area contributed by atoms with Crippen LogP contribution in [-0.4, -0.2) is 38.1 Å². The summed E-state index contributed by atoms with van der Waals surface area (Å²) in [5.41, 5.74) is 2.63. The van der Waals surface area contributed by atoms with Crippen molar-refractivity contribution < 1.29 is 23.9 Å². The lowest BCUT2D eigenvalue weighted by atomic mass is 9.80. The number of nitrogens with one attached hydrogen (secondary N) is 1. The molecule has 0 bridgehead atoms. The average molecular weight is 331 g/mol. The van der Waals surface area contributed by atoms with E-state index in [9.17, 15) is 14.4 Å². The van der Waals surface area contributed by atoms with Crippen molar-refractivity contribution in [3.8, 4) is 0 Å². The number of carbonyl (C=O) groups is 3. The molecule has 1 aliphatic carbocycles. The molecule has 0 aromatic heterocycles. The summed E-state index contributed by atoms with van der Waals surface area (Å²) in [6.45, 7) is 0.906. The number of hydrogen-bond acceptors (Lipinski definition) is 5. The number of ether oxygens (including phenoxy) is 2. The molecule has 3 rings (SSSR count). The molecule has 0 saturated carbocycles. The molecule has 1 unspecified atom stereocenters. The highest BCUT2D eigenvalue weighted by molar-refractivity contribution is 6.01. The number of benzene rings is 1. The Labute approximate surface area is 140 Å². The molecule has 1 saturated heterocycles. The topological polar surface area (TPSA) is 81.7 Å². The zero-order valence-electron chi connectivity index (χ0n) is 13.7. The van der Waals surface area contributed by atoms with Crippen LogP contribution in [0.25, 0.3) is 0 Å². The maximum absolute atomic E-state index is 12.4. The van der Waals surface area contributed by atoms with Crippen LogP contribution in [0.4, 0.5) is 4.79 Å². The fraction of sp³-hybridized carbons (Fsp3) is 0.500. The van der Waals surface area contributed by atoms with Gasteiger partial charge in [0.25, 0.3) is 0 Å². The Morgan fingerprint density at radius 3 is 2.92 bits per heavy atom. The molecule has 6 nitrogen and oxygen atoms in total. The van der Waals surface area contributed by atoms with Crippen LogP contribution in [0.3, 0.4) is 0 Å². The summed E-state index contributed by atoms with van der Waals surface area (Å²) in [4.78, 5) is 35.5. The standard InChI is InChI=1S/C18H21NO5/c1-23-17(21)14-7-12-5-4-11(8-15(12)16(20)9-14)13-3-2-6-24-18(22)19-10-13/h4-5,8,13-14H,2-3,6-7,9-10H2,1H3,(H,19,22)/t13-,14?/m0/s1. The minimum absolute atomic E-state index is 0.0216. The first kappa shape index (κ1) is 16.5. The molecule has 128 valence electrons. The van der Waals surface area contributed by atoms with Gasteiger partial charge in [0.15, 0.2) is 5.78 Å². The van der Waals surface area contributed by atoms with E-state index in [1.54, 1.807) is 0 Å². The SMILES string of the molecule is COC(=O)C1CC(=O)c2cc([C@H]3CCCOC(=O)NC3)ccc2C1. The number of cyclic esters (lactones) is 1. The molecule has 1 aromatic rings. The van der Waals surface area contributed by atoms with Crippen molar-refractivity contribution in [1.82, 2.24) is 5.32 Å². The van der Waals surface area contributed by atoms with Crippen LogP contribution in [0.15, 0.2) is 18.2 Å². The molecule has 1 aromatic carbocycles. The van der Waals surface area contributed by atoms with Crippen molar-refractivity contribution in [2.24, 2.45) is 5.92 Å². The van der Waals surface area contributed by atoms with E-state index in [2.05, 4.69) is 5.32 Å². The second-order valence-electron chi connectivity index (χ2n) is 6.32. The summed E-state index contributed by atoms with van der Waals surface area (Å²) in [6, 6.07) is 5.84. The van der Waals surface area contributed by atoms with Crippen LogP contribution in [0, 0.1) is 5.92 Å². The first-order valence-corrected chi connectivity index (χ1v) is 8.23. The summed E-state index contributed by atoms with van der Waals surface area (Å²) in [7, 11) is 1.35. The van der Waals surface area contributed by atoms with E-state index in [-0.39, 0.29) is 24.1 Å². The van der Waals surface area contributed by atoms with Crippen molar-refractivity contribution in [2.45, 2.75) is 31.6 Å². The predicted octanol–water partition coefficient (Wildman–Crippen LogP) is 2.21. The van der Waals surface area contributed by atoms with Crippen LogP contribution >= 0.6 is 0 Å². The summed E-state index contributed by atoms with van der Waals surface area (Å²) < 4.78 is 9.74. The number of Topliss-reactive ketones (excluding diaryl/α,β-unsaturated/α-hetero) is 1. The van der Waals surface area contributed by atoms with Gasteiger partial charge in [0.05, 0.1) is 19.6 Å². The Hall–Kier alpha value is -2.37. The van der Waals surface area contributed by atoms with Gasteiger partial charge in [-0.15, -0.1) is 0 Å². The third-order valence-corrected chi connectivity index (χ3v) is 4.76. The zero-order chi connectivity index (χ0) is 17.1. The molecule has 1 amide bonds. The highest BCUT2D eigenvalue weighted by Crippen LogP contribution is 2.30. The minimum atomic E-state index is -0.394.